The number of hydrogen-bond acceptors (Lipinski definition) is 1. The average Bonchev–Trinajstić information content (AvgIpc) is 2.67. The van der Waals surface area contributed by atoms with Crippen molar-refractivity contribution in [1.82, 2.24) is 0 Å². The van der Waals surface area contributed by atoms with Gasteiger partial charge in [0, 0.05) is 17.9 Å². The zero-order valence-corrected chi connectivity index (χ0v) is 14.4. The van der Waals surface area contributed by atoms with Gasteiger partial charge < -0.3 is 0 Å². The van der Waals surface area contributed by atoms with E-state index in [1.165, 1.54) is 16.7 Å². The molecule has 0 amide bonds. The minimum Gasteiger partial charge on any atom is -0.294 e. The number of Topliss-reactive ketones (excluding diaryl/α,β-unsaturated/α-hetero) is 1. The van der Waals surface area contributed by atoms with Crippen molar-refractivity contribution in [1.29, 1.82) is 0 Å². The van der Waals surface area contributed by atoms with Crippen molar-refractivity contribution in [2.45, 2.75) is 19.3 Å². The Morgan fingerprint density at radius 1 is 0.800 bits per heavy atom. The molecule has 3 aromatic rings. The molecular formula is C24H22O. The summed E-state index contributed by atoms with van der Waals surface area (Å²) in [5.41, 5.74) is 4.48. The first kappa shape index (κ1) is 16.9. The van der Waals surface area contributed by atoms with Gasteiger partial charge in [0.25, 0.3) is 0 Å². The lowest BCUT2D eigenvalue weighted by Crippen LogP contribution is -2.00. The number of carbonyl (C=O) groups excluding carboxylic acids is 1. The number of aryl methyl sites for hydroxylation is 1. The Balaban J connectivity index is 1.80. The van der Waals surface area contributed by atoms with Crippen molar-refractivity contribution in [2.24, 2.45) is 0 Å². The van der Waals surface area contributed by atoms with Crippen molar-refractivity contribution in [3.05, 3.63) is 119 Å². The van der Waals surface area contributed by atoms with Gasteiger partial charge in [-0.15, -0.1) is 0 Å². The van der Waals surface area contributed by atoms with Crippen LogP contribution >= 0.6 is 0 Å². The number of ketones is 1. The topological polar surface area (TPSA) is 17.1 Å². The third-order valence-electron chi connectivity index (χ3n) is 4.32. The van der Waals surface area contributed by atoms with Crippen LogP contribution in [0.15, 0.2) is 97.1 Å². The Morgan fingerprint density at radius 3 is 2.00 bits per heavy atom. The van der Waals surface area contributed by atoms with E-state index in [0.717, 1.165) is 5.56 Å². The average molecular weight is 326 g/mol. The normalized spacial score (nSPS) is 12.2. The lowest BCUT2D eigenvalue weighted by molar-refractivity contribution is 0.0995. The van der Waals surface area contributed by atoms with Crippen LogP contribution in [-0.2, 0) is 0 Å². The van der Waals surface area contributed by atoms with Gasteiger partial charge in [-0.2, -0.15) is 0 Å². The van der Waals surface area contributed by atoms with E-state index in [9.17, 15) is 4.79 Å². The summed E-state index contributed by atoms with van der Waals surface area (Å²) in [7, 11) is 0. The van der Waals surface area contributed by atoms with Crippen LogP contribution in [0.2, 0.25) is 0 Å². The van der Waals surface area contributed by atoms with Gasteiger partial charge in [0.1, 0.15) is 0 Å². The highest BCUT2D eigenvalue weighted by Crippen LogP contribution is 2.26. The van der Waals surface area contributed by atoms with Crippen LogP contribution in [0.3, 0.4) is 0 Å². The second kappa shape index (κ2) is 8.25. The molecule has 0 aliphatic heterocycles. The van der Waals surface area contributed by atoms with E-state index in [2.05, 4.69) is 61.5 Å². The summed E-state index contributed by atoms with van der Waals surface area (Å²) in [6.07, 6.45) is 4.55. The van der Waals surface area contributed by atoms with Crippen LogP contribution < -0.4 is 0 Å². The van der Waals surface area contributed by atoms with Gasteiger partial charge in [-0.3, -0.25) is 4.79 Å². The highest BCUT2D eigenvalue weighted by atomic mass is 16.1. The maximum absolute atomic E-state index is 12.3. The highest BCUT2D eigenvalue weighted by Gasteiger charge is 2.11. The SMILES string of the molecule is Cc1ccc([C@H](/C=C/CC(=O)c2ccccc2)c2ccccc2)cc1. The van der Waals surface area contributed by atoms with Gasteiger partial charge in [0.05, 0.1) is 0 Å². The molecular weight excluding hydrogens is 304 g/mol. The summed E-state index contributed by atoms with van der Waals surface area (Å²) in [6.45, 7) is 2.09. The molecule has 0 bridgehead atoms. The summed E-state index contributed by atoms with van der Waals surface area (Å²) in [4.78, 5) is 12.3. The maximum Gasteiger partial charge on any atom is 0.166 e. The molecule has 0 spiro atoms. The van der Waals surface area contributed by atoms with E-state index in [4.69, 9.17) is 0 Å². The van der Waals surface area contributed by atoms with Gasteiger partial charge in [-0.1, -0.05) is 103 Å². The van der Waals surface area contributed by atoms with Gasteiger partial charge in [0.15, 0.2) is 5.78 Å². The second-order valence-corrected chi connectivity index (χ2v) is 6.22. The van der Waals surface area contributed by atoms with Gasteiger partial charge in [0.2, 0.25) is 0 Å². The molecule has 0 radical (unpaired) electrons. The van der Waals surface area contributed by atoms with E-state index < -0.39 is 0 Å². The first-order valence-corrected chi connectivity index (χ1v) is 8.60. The summed E-state index contributed by atoms with van der Waals surface area (Å²) in [6, 6.07) is 28.4. The molecule has 3 aromatic carbocycles. The molecule has 0 heterocycles. The van der Waals surface area contributed by atoms with Crippen LogP contribution in [-0.4, -0.2) is 5.78 Å². The molecule has 124 valence electrons. The van der Waals surface area contributed by atoms with E-state index in [0.29, 0.717) is 6.42 Å². The highest BCUT2D eigenvalue weighted by molar-refractivity contribution is 5.96. The standard InChI is InChI=1S/C24H22O/c1-19-15-17-21(18-16-19)23(20-9-4-2-5-10-20)13-8-14-24(25)22-11-6-3-7-12-22/h2-13,15-18,23H,14H2,1H3/b13-8+/t23-/m1/s1. The van der Waals surface area contributed by atoms with E-state index in [1.54, 1.807) is 0 Å². The Kier molecular flexibility index (Phi) is 5.58. The van der Waals surface area contributed by atoms with Crippen LogP contribution in [0.25, 0.3) is 0 Å². The molecule has 1 atom stereocenters. The minimum atomic E-state index is 0.146. The third kappa shape index (κ3) is 4.54. The molecule has 1 heteroatoms. The van der Waals surface area contributed by atoms with Gasteiger partial charge >= 0.3 is 0 Å². The Labute approximate surface area is 149 Å². The van der Waals surface area contributed by atoms with Crippen LogP contribution in [0, 0.1) is 6.92 Å². The molecule has 3 rings (SSSR count). The second-order valence-electron chi connectivity index (χ2n) is 6.22. The third-order valence-corrected chi connectivity index (χ3v) is 4.32. The molecule has 0 aromatic heterocycles. The Bertz CT molecular complexity index is 830. The first-order valence-electron chi connectivity index (χ1n) is 8.60. The molecule has 0 aliphatic rings. The predicted octanol–water partition coefficient (Wildman–Crippen LogP) is 5.96. The van der Waals surface area contributed by atoms with Gasteiger partial charge in [-0.05, 0) is 18.1 Å². The fourth-order valence-corrected chi connectivity index (χ4v) is 2.90. The smallest absolute Gasteiger partial charge is 0.166 e. The van der Waals surface area contributed by atoms with Crippen molar-refractivity contribution in [2.75, 3.05) is 0 Å². The van der Waals surface area contributed by atoms with Crippen molar-refractivity contribution in [3.8, 4) is 0 Å². The lowest BCUT2D eigenvalue weighted by Gasteiger charge is -2.14. The molecule has 25 heavy (non-hydrogen) atoms. The fraction of sp³-hybridized carbons (Fsp3) is 0.125. The fourth-order valence-electron chi connectivity index (χ4n) is 2.90. The Hall–Kier alpha value is -2.93. The number of carbonyl (C=O) groups is 1. The van der Waals surface area contributed by atoms with Crippen LogP contribution in [0.4, 0.5) is 0 Å². The summed E-state index contributed by atoms with van der Waals surface area (Å²) in [5.74, 6) is 0.304. The summed E-state index contributed by atoms with van der Waals surface area (Å²) >= 11 is 0. The minimum absolute atomic E-state index is 0.146. The molecule has 0 N–H and O–H groups in total. The van der Waals surface area contributed by atoms with E-state index in [1.807, 2.05) is 42.5 Å². The van der Waals surface area contributed by atoms with Gasteiger partial charge in [-0.25, -0.2) is 0 Å². The molecule has 0 unspecified atom stereocenters. The lowest BCUT2D eigenvalue weighted by atomic mass is 9.90. The van der Waals surface area contributed by atoms with Crippen LogP contribution in [0.5, 0.6) is 0 Å². The molecule has 0 saturated heterocycles. The quantitative estimate of drug-likeness (QED) is 0.404. The summed E-state index contributed by atoms with van der Waals surface area (Å²) in [5, 5.41) is 0. The van der Waals surface area contributed by atoms with Crippen molar-refractivity contribution in [3.63, 3.8) is 0 Å². The predicted molar refractivity (Wildman–Crippen MR) is 104 cm³/mol. The largest absolute Gasteiger partial charge is 0.294 e. The zero-order valence-electron chi connectivity index (χ0n) is 14.4. The molecule has 0 aliphatic carbocycles. The summed E-state index contributed by atoms with van der Waals surface area (Å²) < 4.78 is 0. The number of hydrogen-bond donors (Lipinski definition) is 0. The van der Waals surface area contributed by atoms with E-state index >= 15 is 0 Å². The molecule has 0 fully saturated rings. The van der Waals surface area contributed by atoms with E-state index in [-0.39, 0.29) is 11.7 Å². The number of rotatable bonds is 6. The number of allylic oxidation sites excluding steroid dienone is 2. The van der Waals surface area contributed by atoms with Crippen molar-refractivity contribution >= 4 is 5.78 Å². The van der Waals surface area contributed by atoms with Crippen LogP contribution in [0.1, 0.15) is 39.4 Å². The zero-order chi connectivity index (χ0) is 17.5. The maximum atomic E-state index is 12.3. The molecule has 1 nitrogen and oxygen atoms in total. The number of benzene rings is 3. The molecule has 0 saturated carbocycles. The van der Waals surface area contributed by atoms with Crippen molar-refractivity contribution < 1.29 is 4.79 Å². The Morgan fingerprint density at radius 2 is 1.36 bits per heavy atom. The monoisotopic (exact) mass is 326 g/mol. The first-order chi connectivity index (χ1) is 12.2.